The van der Waals surface area contributed by atoms with Crippen LogP contribution in [0.3, 0.4) is 0 Å². The molecule has 0 radical (unpaired) electrons. The molecule has 0 amide bonds. The van der Waals surface area contributed by atoms with Crippen molar-refractivity contribution < 1.29 is 34.4 Å². The van der Waals surface area contributed by atoms with Crippen LogP contribution < -0.4 is 9.47 Å². The van der Waals surface area contributed by atoms with Gasteiger partial charge < -0.3 is 24.8 Å². The van der Waals surface area contributed by atoms with Crippen LogP contribution >= 0.6 is 0 Å². The molecular formula is C16H24O7. The summed E-state index contributed by atoms with van der Waals surface area (Å²) in [4.78, 5) is 21.7. The molecule has 0 aliphatic carbocycles. The first kappa shape index (κ1) is 21.0. The number of aliphatic hydroxyl groups is 3. The highest BCUT2D eigenvalue weighted by atomic mass is 16.5. The van der Waals surface area contributed by atoms with E-state index < -0.39 is 5.41 Å². The summed E-state index contributed by atoms with van der Waals surface area (Å²) in [6.45, 7) is 2.82. The minimum absolute atomic E-state index is 0.181. The zero-order valence-corrected chi connectivity index (χ0v) is 13.8. The normalized spacial score (nSPS) is 10.4. The first-order valence-corrected chi connectivity index (χ1v) is 6.86. The molecule has 0 spiro atoms. The summed E-state index contributed by atoms with van der Waals surface area (Å²) in [6.07, 6.45) is 1.28. The van der Waals surface area contributed by atoms with E-state index in [1.54, 1.807) is 19.9 Å². The second kappa shape index (κ2) is 9.94. The molecule has 0 aromatic heterocycles. The minimum atomic E-state index is -0.708. The Kier molecular flexibility index (Phi) is 9.09. The van der Waals surface area contributed by atoms with Crippen LogP contribution in [0.1, 0.15) is 33.2 Å². The van der Waals surface area contributed by atoms with Crippen molar-refractivity contribution in [1.82, 2.24) is 0 Å². The van der Waals surface area contributed by atoms with Gasteiger partial charge in [-0.3, -0.25) is 9.59 Å². The van der Waals surface area contributed by atoms with E-state index in [0.29, 0.717) is 29.4 Å². The van der Waals surface area contributed by atoms with Crippen LogP contribution in [0.4, 0.5) is 0 Å². The molecule has 0 fully saturated rings. The van der Waals surface area contributed by atoms with Crippen LogP contribution in [-0.2, 0) is 0 Å². The Balaban J connectivity index is 0.000000515. The van der Waals surface area contributed by atoms with E-state index in [9.17, 15) is 9.59 Å². The summed E-state index contributed by atoms with van der Waals surface area (Å²) in [5.74, 6) is 0.668. The lowest BCUT2D eigenvalue weighted by Crippen LogP contribution is -2.29. The molecule has 7 nitrogen and oxygen atoms in total. The molecular weight excluding hydrogens is 304 g/mol. The number of aliphatic hydroxyl groups excluding tert-OH is 3. The second-order valence-electron chi connectivity index (χ2n) is 5.28. The number of rotatable bonds is 7. The molecule has 0 aliphatic rings. The summed E-state index contributed by atoms with van der Waals surface area (Å²) in [5.41, 5.74) is 0.636. The number of carbonyl (C=O) groups excluding carboxylic acids is 2. The first-order chi connectivity index (χ1) is 10.9. The van der Waals surface area contributed by atoms with E-state index >= 15 is 0 Å². The summed E-state index contributed by atoms with van der Waals surface area (Å²) in [7, 11) is 2.87. The van der Waals surface area contributed by atoms with Crippen molar-refractivity contribution in [2.24, 2.45) is 5.41 Å². The molecule has 1 aromatic rings. The third-order valence-electron chi connectivity index (χ3n) is 3.33. The standard InChI is InChI=1S/C11H12O4.C5H12O3/c1-7-4-10(14-2)9(6-13)11(15-3)8(7)5-12;1-5(2-6,3-7)4-8/h4-6H,1-3H3;6-8H,2-4H2,1H3. The van der Waals surface area contributed by atoms with Gasteiger partial charge in [-0.1, -0.05) is 6.92 Å². The van der Waals surface area contributed by atoms with Gasteiger partial charge in [0.05, 0.1) is 45.2 Å². The largest absolute Gasteiger partial charge is 0.496 e. The SMILES string of the molecule is CC(CO)(CO)CO.COc1cc(C)c(C=O)c(OC)c1C=O. The summed E-state index contributed by atoms with van der Waals surface area (Å²) < 4.78 is 10.1. The van der Waals surface area contributed by atoms with Crippen LogP contribution in [-0.4, -0.2) is 61.9 Å². The topological polar surface area (TPSA) is 113 Å². The van der Waals surface area contributed by atoms with E-state index in [4.69, 9.17) is 24.8 Å². The Morgan fingerprint density at radius 3 is 1.74 bits per heavy atom. The number of carbonyl (C=O) groups is 2. The number of aldehydes is 2. The number of benzene rings is 1. The van der Waals surface area contributed by atoms with Crippen molar-refractivity contribution in [2.75, 3.05) is 34.0 Å². The Labute approximate surface area is 135 Å². The van der Waals surface area contributed by atoms with Crippen molar-refractivity contribution in [1.29, 1.82) is 0 Å². The van der Waals surface area contributed by atoms with Gasteiger partial charge in [-0.15, -0.1) is 0 Å². The average molecular weight is 328 g/mol. The van der Waals surface area contributed by atoms with Gasteiger partial charge in [0.25, 0.3) is 0 Å². The van der Waals surface area contributed by atoms with Crippen molar-refractivity contribution in [3.8, 4) is 11.5 Å². The monoisotopic (exact) mass is 328 g/mol. The van der Waals surface area contributed by atoms with Crippen molar-refractivity contribution in [3.05, 3.63) is 22.8 Å². The van der Waals surface area contributed by atoms with Crippen LogP contribution in [0.2, 0.25) is 0 Å². The number of hydrogen-bond acceptors (Lipinski definition) is 7. The van der Waals surface area contributed by atoms with Crippen molar-refractivity contribution in [2.45, 2.75) is 13.8 Å². The Hall–Kier alpha value is -1.96. The van der Waals surface area contributed by atoms with Gasteiger partial charge in [0, 0.05) is 5.41 Å². The van der Waals surface area contributed by atoms with E-state index in [1.165, 1.54) is 14.2 Å². The van der Waals surface area contributed by atoms with E-state index in [2.05, 4.69) is 0 Å². The fourth-order valence-electron chi connectivity index (χ4n) is 1.59. The highest BCUT2D eigenvalue weighted by Crippen LogP contribution is 2.32. The average Bonchev–Trinajstić information content (AvgIpc) is 2.60. The van der Waals surface area contributed by atoms with Crippen molar-refractivity contribution in [3.63, 3.8) is 0 Å². The molecule has 0 saturated carbocycles. The van der Waals surface area contributed by atoms with Crippen LogP contribution in [0.15, 0.2) is 6.07 Å². The summed E-state index contributed by atoms with van der Waals surface area (Å²) in [6, 6.07) is 1.63. The molecule has 0 aliphatic heterocycles. The summed E-state index contributed by atoms with van der Waals surface area (Å²) in [5, 5.41) is 25.4. The maximum Gasteiger partial charge on any atom is 0.157 e. The molecule has 130 valence electrons. The second-order valence-corrected chi connectivity index (χ2v) is 5.28. The smallest absolute Gasteiger partial charge is 0.157 e. The van der Waals surface area contributed by atoms with Gasteiger partial charge in [0.15, 0.2) is 12.6 Å². The molecule has 1 aromatic carbocycles. The Bertz CT molecular complexity index is 513. The van der Waals surface area contributed by atoms with Gasteiger partial charge >= 0.3 is 0 Å². The molecule has 0 heterocycles. The number of methoxy groups -OCH3 is 2. The third kappa shape index (κ3) is 5.31. The van der Waals surface area contributed by atoms with Gasteiger partial charge in [-0.2, -0.15) is 0 Å². The van der Waals surface area contributed by atoms with Crippen LogP contribution in [0.5, 0.6) is 11.5 Å². The maximum absolute atomic E-state index is 10.9. The lowest BCUT2D eigenvalue weighted by Gasteiger charge is -2.20. The number of ether oxygens (including phenoxy) is 2. The molecule has 0 unspecified atom stereocenters. The lowest BCUT2D eigenvalue weighted by molar-refractivity contribution is 0.0200. The van der Waals surface area contributed by atoms with Gasteiger partial charge in [-0.25, -0.2) is 0 Å². The van der Waals surface area contributed by atoms with Crippen molar-refractivity contribution >= 4 is 12.6 Å². The zero-order valence-electron chi connectivity index (χ0n) is 13.8. The van der Waals surface area contributed by atoms with Gasteiger partial charge in [-0.05, 0) is 18.6 Å². The first-order valence-electron chi connectivity index (χ1n) is 6.86. The van der Waals surface area contributed by atoms with Crippen LogP contribution in [0, 0.1) is 12.3 Å². The highest BCUT2D eigenvalue weighted by Gasteiger charge is 2.20. The summed E-state index contributed by atoms with van der Waals surface area (Å²) >= 11 is 0. The molecule has 23 heavy (non-hydrogen) atoms. The maximum atomic E-state index is 10.9. The minimum Gasteiger partial charge on any atom is -0.496 e. The fraction of sp³-hybridized carbons (Fsp3) is 0.500. The van der Waals surface area contributed by atoms with Gasteiger partial charge in [0.2, 0.25) is 0 Å². The molecule has 0 bridgehead atoms. The molecule has 0 saturated heterocycles. The van der Waals surface area contributed by atoms with E-state index in [1.807, 2.05) is 0 Å². The van der Waals surface area contributed by atoms with E-state index in [-0.39, 0.29) is 31.1 Å². The molecule has 0 atom stereocenters. The fourth-order valence-corrected chi connectivity index (χ4v) is 1.59. The predicted octanol–water partition coefficient (Wildman–Crippen LogP) is 0.607. The third-order valence-corrected chi connectivity index (χ3v) is 3.33. The van der Waals surface area contributed by atoms with E-state index in [0.717, 1.165) is 0 Å². The van der Waals surface area contributed by atoms with Crippen LogP contribution in [0.25, 0.3) is 0 Å². The highest BCUT2D eigenvalue weighted by molar-refractivity contribution is 5.92. The quantitative estimate of drug-likeness (QED) is 0.628. The van der Waals surface area contributed by atoms with Gasteiger partial charge in [0.1, 0.15) is 11.5 Å². The molecule has 7 heteroatoms. The predicted molar refractivity (Wildman–Crippen MR) is 84.4 cm³/mol. The lowest BCUT2D eigenvalue weighted by atomic mass is 9.95. The number of hydrogen-bond donors (Lipinski definition) is 3. The molecule has 3 N–H and O–H groups in total. The zero-order chi connectivity index (χ0) is 18.0. The molecule has 1 rings (SSSR count). The number of aryl methyl sites for hydroxylation is 1. The Morgan fingerprint density at radius 1 is 1.00 bits per heavy atom. The Morgan fingerprint density at radius 2 is 1.48 bits per heavy atom.